The van der Waals surface area contributed by atoms with E-state index in [1.807, 2.05) is 37.3 Å². The molecule has 0 spiro atoms. The van der Waals surface area contributed by atoms with Crippen molar-refractivity contribution >= 4 is 17.6 Å². The van der Waals surface area contributed by atoms with E-state index in [4.69, 9.17) is 20.9 Å². The van der Waals surface area contributed by atoms with Crippen molar-refractivity contribution in [2.75, 3.05) is 14.2 Å². The number of methoxy groups -OCH3 is 2. The number of benzene rings is 3. The molecule has 0 aliphatic rings. The van der Waals surface area contributed by atoms with Gasteiger partial charge in [-0.2, -0.15) is 0 Å². The van der Waals surface area contributed by atoms with E-state index >= 15 is 0 Å². The average Bonchev–Trinajstić information content (AvgIpc) is 3.31. The number of halogens is 2. The summed E-state index contributed by atoms with van der Waals surface area (Å²) < 4.78 is 30.4. The summed E-state index contributed by atoms with van der Waals surface area (Å²) in [6.45, 7) is 2.40. The molecule has 0 saturated heterocycles. The Bertz CT molecular complexity index is 1320. The van der Waals surface area contributed by atoms with Gasteiger partial charge in [0.15, 0.2) is 5.76 Å². The lowest BCUT2D eigenvalue weighted by Gasteiger charge is -2.15. The van der Waals surface area contributed by atoms with E-state index < -0.39 is 11.8 Å². The Morgan fingerprint density at radius 2 is 1.76 bits per heavy atom. The second kappa shape index (κ2) is 9.57. The van der Waals surface area contributed by atoms with Crippen molar-refractivity contribution in [1.82, 2.24) is 5.16 Å². The van der Waals surface area contributed by atoms with Gasteiger partial charge in [0.25, 0.3) is 0 Å². The third kappa shape index (κ3) is 4.40. The summed E-state index contributed by atoms with van der Waals surface area (Å²) in [7, 11) is 2.83. The van der Waals surface area contributed by atoms with Crippen LogP contribution in [-0.2, 0) is 16.1 Å². The monoisotopic (exact) mass is 465 g/mol. The van der Waals surface area contributed by atoms with Gasteiger partial charge in [-0.3, -0.25) is 0 Å². The number of carbonyl (C=O) groups excluding carboxylic acids is 1. The lowest BCUT2D eigenvalue weighted by molar-refractivity contribution is 0.0600. The molecule has 4 aromatic rings. The van der Waals surface area contributed by atoms with Crippen molar-refractivity contribution in [3.8, 4) is 33.7 Å². The van der Waals surface area contributed by atoms with Crippen LogP contribution in [0.25, 0.3) is 33.7 Å². The van der Waals surface area contributed by atoms with E-state index in [0.29, 0.717) is 12.4 Å². The molecule has 7 heteroatoms. The van der Waals surface area contributed by atoms with E-state index in [0.717, 1.165) is 33.9 Å². The molecule has 0 fully saturated rings. The fraction of sp³-hybridized carbons (Fsp3) is 0.154. The minimum absolute atomic E-state index is 0.0568. The van der Waals surface area contributed by atoms with Gasteiger partial charge in [0.05, 0.1) is 24.3 Å². The predicted octanol–water partition coefficient (Wildman–Crippen LogP) is 6.71. The minimum Gasteiger partial charge on any atom is -0.465 e. The van der Waals surface area contributed by atoms with Gasteiger partial charge >= 0.3 is 5.97 Å². The van der Waals surface area contributed by atoms with Crippen molar-refractivity contribution in [1.29, 1.82) is 0 Å². The summed E-state index contributed by atoms with van der Waals surface area (Å²) in [5, 5.41) is 4.10. The molecule has 0 saturated carbocycles. The van der Waals surface area contributed by atoms with Crippen LogP contribution >= 0.6 is 11.6 Å². The number of rotatable bonds is 6. The molecule has 5 nitrogen and oxygen atoms in total. The van der Waals surface area contributed by atoms with Gasteiger partial charge in [0.1, 0.15) is 11.5 Å². The third-order valence-electron chi connectivity index (χ3n) is 5.49. The van der Waals surface area contributed by atoms with Crippen LogP contribution < -0.4 is 0 Å². The van der Waals surface area contributed by atoms with Crippen LogP contribution in [0.2, 0.25) is 5.02 Å². The Balaban J connectivity index is 1.77. The highest BCUT2D eigenvalue weighted by molar-refractivity contribution is 6.33. The second-order valence-electron chi connectivity index (χ2n) is 7.44. The number of nitrogens with zero attached hydrogens (tertiary/aromatic N) is 1. The van der Waals surface area contributed by atoms with Crippen LogP contribution in [0.5, 0.6) is 0 Å². The number of hydrogen-bond acceptors (Lipinski definition) is 5. The first-order valence-electron chi connectivity index (χ1n) is 10.2. The molecule has 1 heterocycles. The molecule has 33 heavy (non-hydrogen) atoms. The lowest BCUT2D eigenvalue weighted by Crippen LogP contribution is -2.03. The normalized spacial score (nSPS) is 10.9. The van der Waals surface area contributed by atoms with E-state index in [2.05, 4.69) is 22.0 Å². The highest BCUT2D eigenvalue weighted by Gasteiger charge is 2.21. The van der Waals surface area contributed by atoms with Crippen molar-refractivity contribution in [2.24, 2.45) is 0 Å². The van der Waals surface area contributed by atoms with Gasteiger partial charge < -0.3 is 14.0 Å². The molecule has 0 aliphatic carbocycles. The smallest absolute Gasteiger partial charge is 0.339 e. The summed E-state index contributed by atoms with van der Waals surface area (Å²) in [5.74, 6) is -0.913. The second-order valence-corrected chi connectivity index (χ2v) is 7.85. The van der Waals surface area contributed by atoms with Gasteiger partial charge in [-0.05, 0) is 41.3 Å². The minimum atomic E-state index is -0.718. The molecule has 0 aliphatic heterocycles. The molecule has 3 aromatic carbocycles. The van der Waals surface area contributed by atoms with Crippen LogP contribution in [-0.4, -0.2) is 25.3 Å². The molecule has 1 aromatic heterocycles. The molecule has 0 amide bonds. The van der Waals surface area contributed by atoms with Crippen LogP contribution in [0, 0.1) is 12.7 Å². The Labute approximate surface area is 195 Å². The number of esters is 1. The SMILES string of the molecule is COCc1c(-c2cc(-c3cc(Cl)c(C(=O)OC)cc3F)no2)ccc(-c2ccccc2)c1C. The van der Waals surface area contributed by atoms with Gasteiger partial charge in [-0.25, -0.2) is 9.18 Å². The maximum absolute atomic E-state index is 14.8. The van der Waals surface area contributed by atoms with Crippen LogP contribution in [0.4, 0.5) is 4.39 Å². The van der Waals surface area contributed by atoms with Crippen molar-refractivity contribution < 1.29 is 23.2 Å². The first-order chi connectivity index (χ1) is 15.9. The van der Waals surface area contributed by atoms with Crippen molar-refractivity contribution in [3.63, 3.8) is 0 Å². The maximum Gasteiger partial charge on any atom is 0.339 e. The fourth-order valence-corrected chi connectivity index (χ4v) is 4.03. The van der Waals surface area contributed by atoms with Crippen molar-refractivity contribution in [3.05, 3.63) is 88.2 Å². The number of carbonyl (C=O) groups is 1. The predicted molar refractivity (Wildman–Crippen MR) is 125 cm³/mol. The summed E-state index contributed by atoms with van der Waals surface area (Å²) in [6, 6.07) is 18.0. The average molecular weight is 466 g/mol. The Hall–Kier alpha value is -3.48. The van der Waals surface area contributed by atoms with E-state index in [1.54, 1.807) is 13.2 Å². The summed E-state index contributed by atoms with van der Waals surface area (Å²) in [4.78, 5) is 11.8. The molecule has 4 rings (SSSR count). The first-order valence-corrected chi connectivity index (χ1v) is 10.5. The Morgan fingerprint density at radius 3 is 2.45 bits per heavy atom. The topological polar surface area (TPSA) is 61.6 Å². The lowest BCUT2D eigenvalue weighted by atomic mass is 9.92. The maximum atomic E-state index is 14.8. The van der Waals surface area contributed by atoms with E-state index in [1.165, 1.54) is 13.2 Å². The first kappa shape index (κ1) is 22.7. The number of ether oxygens (including phenoxy) is 2. The zero-order valence-corrected chi connectivity index (χ0v) is 19.1. The standard InChI is InChI=1S/C26H21ClFNO4/c1-15-17(16-7-5-4-6-8-16)9-10-18(21(15)14-31-2)25-13-24(29-33-25)20-11-22(27)19(12-23(20)28)26(30)32-3/h4-13H,14H2,1-3H3. The zero-order chi connectivity index (χ0) is 23.5. The van der Waals surface area contributed by atoms with Crippen molar-refractivity contribution in [2.45, 2.75) is 13.5 Å². The van der Waals surface area contributed by atoms with Gasteiger partial charge in [-0.15, -0.1) is 0 Å². The summed E-state index contributed by atoms with van der Waals surface area (Å²) in [5.41, 5.74) is 5.30. The molecule has 0 atom stereocenters. The van der Waals surface area contributed by atoms with Gasteiger partial charge in [-0.1, -0.05) is 59.2 Å². The fourth-order valence-electron chi connectivity index (χ4n) is 3.79. The Kier molecular flexibility index (Phi) is 6.58. The third-order valence-corrected chi connectivity index (χ3v) is 5.80. The summed E-state index contributed by atoms with van der Waals surface area (Å²) >= 11 is 6.17. The highest BCUT2D eigenvalue weighted by atomic mass is 35.5. The molecule has 0 bridgehead atoms. The molecule has 0 unspecified atom stereocenters. The molecule has 168 valence electrons. The van der Waals surface area contributed by atoms with E-state index in [9.17, 15) is 9.18 Å². The molecule has 0 radical (unpaired) electrons. The zero-order valence-electron chi connectivity index (χ0n) is 18.3. The largest absolute Gasteiger partial charge is 0.465 e. The van der Waals surface area contributed by atoms with Gasteiger partial charge in [0, 0.05) is 24.3 Å². The van der Waals surface area contributed by atoms with Crippen LogP contribution in [0.1, 0.15) is 21.5 Å². The Morgan fingerprint density at radius 1 is 1.03 bits per heavy atom. The van der Waals surface area contributed by atoms with Crippen LogP contribution in [0.15, 0.2) is 65.2 Å². The summed E-state index contributed by atoms with van der Waals surface area (Å²) in [6.07, 6.45) is 0. The molecule has 0 N–H and O–H groups in total. The molecular formula is C26H21ClFNO4. The van der Waals surface area contributed by atoms with E-state index in [-0.39, 0.29) is 21.8 Å². The number of hydrogen-bond donors (Lipinski definition) is 0. The molecular weight excluding hydrogens is 445 g/mol. The number of aromatic nitrogens is 1. The van der Waals surface area contributed by atoms with Crippen LogP contribution in [0.3, 0.4) is 0 Å². The quantitative estimate of drug-likeness (QED) is 0.296. The highest BCUT2D eigenvalue weighted by Crippen LogP contribution is 2.36. The van der Waals surface area contributed by atoms with Gasteiger partial charge in [0.2, 0.25) is 0 Å².